The van der Waals surface area contributed by atoms with E-state index in [0.717, 1.165) is 11.2 Å². The molecule has 2 heterocycles. The van der Waals surface area contributed by atoms with Crippen LogP contribution in [0, 0.1) is 16.3 Å². The third-order valence-electron chi connectivity index (χ3n) is 2.98. The van der Waals surface area contributed by atoms with Crippen molar-refractivity contribution in [1.82, 2.24) is 14.7 Å². The molecular formula is C13H10ClFIN3O. The van der Waals surface area contributed by atoms with E-state index in [4.69, 9.17) is 16.1 Å². The zero-order valence-corrected chi connectivity index (χ0v) is 13.4. The largest absolute Gasteiger partial charge is 0.359 e. The van der Waals surface area contributed by atoms with Crippen LogP contribution in [0.3, 0.4) is 0 Å². The maximum absolute atomic E-state index is 13.8. The number of imidazole rings is 1. The first-order valence-electron chi connectivity index (χ1n) is 5.91. The highest BCUT2D eigenvalue weighted by Gasteiger charge is 2.14. The number of rotatable bonds is 3. The van der Waals surface area contributed by atoms with Gasteiger partial charge in [0.1, 0.15) is 11.6 Å². The highest BCUT2D eigenvalue weighted by Crippen LogP contribution is 2.23. The Bertz CT molecular complexity index is 783. The standard InChI is InChI=1S/C13H10ClFIN3O/c1-7-2-8(20-18-7)6-19-12-3-9(15)10(16)4-11(12)17-13(19)5-14/h2-4H,5-6H2,1H3. The Balaban J connectivity index is 2.14. The Morgan fingerprint density at radius 1 is 1.40 bits per heavy atom. The minimum absolute atomic E-state index is 0.250. The van der Waals surface area contributed by atoms with Gasteiger partial charge in [0.15, 0.2) is 5.76 Å². The number of halogens is 3. The molecule has 0 aliphatic heterocycles. The maximum Gasteiger partial charge on any atom is 0.156 e. The van der Waals surface area contributed by atoms with Gasteiger partial charge in [0, 0.05) is 12.1 Å². The van der Waals surface area contributed by atoms with Gasteiger partial charge in [-0.3, -0.25) is 0 Å². The molecule has 2 aromatic heterocycles. The number of nitrogens with zero attached hydrogens (tertiary/aromatic N) is 3. The van der Waals surface area contributed by atoms with Gasteiger partial charge in [0.05, 0.1) is 32.7 Å². The van der Waals surface area contributed by atoms with E-state index in [2.05, 4.69) is 10.1 Å². The molecule has 0 amide bonds. The first kappa shape index (κ1) is 13.8. The topological polar surface area (TPSA) is 43.9 Å². The van der Waals surface area contributed by atoms with Crippen LogP contribution in [0.15, 0.2) is 22.7 Å². The van der Waals surface area contributed by atoms with Gasteiger partial charge in [-0.2, -0.15) is 0 Å². The lowest BCUT2D eigenvalue weighted by Crippen LogP contribution is -2.03. The first-order chi connectivity index (χ1) is 9.58. The van der Waals surface area contributed by atoms with E-state index in [0.29, 0.717) is 27.2 Å². The minimum Gasteiger partial charge on any atom is -0.359 e. The molecule has 4 nitrogen and oxygen atoms in total. The number of aryl methyl sites for hydroxylation is 1. The van der Waals surface area contributed by atoms with Gasteiger partial charge in [-0.05, 0) is 35.6 Å². The summed E-state index contributed by atoms with van der Waals surface area (Å²) in [5.74, 6) is 1.35. The normalized spacial score (nSPS) is 11.4. The van der Waals surface area contributed by atoms with Gasteiger partial charge >= 0.3 is 0 Å². The van der Waals surface area contributed by atoms with Crippen LogP contribution in [0.2, 0.25) is 0 Å². The number of fused-ring (bicyclic) bond motifs is 1. The Kier molecular flexibility index (Phi) is 3.68. The smallest absolute Gasteiger partial charge is 0.156 e. The summed E-state index contributed by atoms with van der Waals surface area (Å²) in [6.07, 6.45) is 0. The molecule has 0 aliphatic carbocycles. The molecule has 7 heteroatoms. The summed E-state index contributed by atoms with van der Waals surface area (Å²) in [6, 6.07) is 5.03. The van der Waals surface area contributed by atoms with E-state index in [1.54, 1.807) is 6.07 Å². The third kappa shape index (κ3) is 2.42. The molecule has 20 heavy (non-hydrogen) atoms. The number of benzene rings is 1. The Hall–Kier alpha value is -1.15. The fraction of sp³-hybridized carbons (Fsp3) is 0.231. The van der Waals surface area contributed by atoms with Crippen molar-refractivity contribution in [2.24, 2.45) is 0 Å². The summed E-state index contributed by atoms with van der Waals surface area (Å²) in [6.45, 7) is 2.28. The molecule has 3 rings (SSSR count). The van der Waals surface area contributed by atoms with E-state index in [9.17, 15) is 4.39 Å². The van der Waals surface area contributed by atoms with Crippen LogP contribution in [0.5, 0.6) is 0 Å². The van der Waals surface area contributed by atoms with Crippen LogP contribution >= 0.6 is 34.2 Å². The van der Waals surface area contributed by atoms with Crippen molar-refractivity contribution >= 4 is 45.2 Å². The monoisotopic (exact) mass is 405 g/mol. The molecule has 1 aromatic carbocycles. The second kappa shape index (κ2) is 5.33. The SMILES string of the molecule is Cc1cc(Cn2c(CCl)nc3cc(I)c(F)cc32)on1. The molecule has 0 spiro atoms. The summed E-state index contributed by atoms with van der Waals surface area (Å²) >= 11 is 7.88. The van der Waals surface area contributed by atoms with Crippen molar-refractivity contribution in [3.63, 3.8) is 0 Å². The highest BCUT2D eigenvalue weighted by molar-refractivity contribution is 14.1. The van der Waals surface area contributed by atoms with E-state index in [-0.39, 0.29) is 11.7 Å². The van der Waals surface area contributed by atoms with Crippen molar-refractivity contribution in [3.05, 3.63) is 44.9 Å². The highest BCUT2D eigenvalue weighted by atomic mass is 127. The molecule has 0 fully saturated rings. The van der Waals surface area contributed by atoms with Crippen LogP contribution in [0.1, 0.15) is 17.3 Å². The Morgan fingerprint density at radius 3 is 2.85 bits per heavy atom. The van der Waals surface area contributed by atoms with Gasteiger partial charge in [-0.25, -0.2) is 9.37 Å². The van der Waals surface area contributed by atoms with Gasteiger partial charge in [0.25, 0.3) is 0 Å². The van der Waals surface area contributed by atoms with Gasteiger partial charge in [0.2, 0.25) is 0 Å². The molecule has 0 saturated heterocycles. The molecule has 104 valence electrons. The van der Waals surface area contributed by atoms with Gasteiger partial charge in [-0.1, -0.05) is 5.16 Å². The van der Waals surface area contributed by atoms with Crippen LogP contribution in [-0.2, 0) is 12.4 Å². The summed E-state index contributed by atoms with van der Waals surface area (Å²) in [5, 5.41) is 3.85. The fourth-order valence-corrected chi connectivity index (χ4v) is 2.75. The second-order valence-corrected chi connectivity index (χ2v) is 5.87. The lowest BCUT2D eigenvalue weighted by Gasteiger charge is -2.05. The Labute approximate surface area is 133 Å². The predicted molar refractivity (Wildman–Crippen MR) is 82.3 cm³/mol. The van der Waals surface area contributed by atoms with E-state index in [1.165, 1.54) is 6.07 Å². The first-order valence-corrected chi connectivity index (χ1v) is 7.52. The molecule has 0 N–H and O–H groups in total. The van der Waals surface area contributed by atoms with Gasteiger partial charge in [-0.15, -0.1) is 11.6 Å². The summed E-state index contributed by atoms with van der Waals surface area (Å²) in [7, 11) is 0. The quantitative estimate of drug-likeness (QED) is 0.491. The average Bonchev–Trinajstić information content (AvgIpc) is 2.96. The molecular weight excluding hydrogens is 396 g/mol. The van der Waals surface area contributed by atoms with E-state index < -0.39 is 0 Å². The molecule has 0 radical (unpaired) electrons. The van der Waals surface area contributed by atoms with E-state index in [1.807, 2.05) is 40.1 Å². The van der Waals surface area contributed by atoms with Crippen LogP contribution in [0.4, 0.5) is 4.39 Å². The molecule has 0 saturated carbocycles. The summed E-state index contributed by atoms with van der Waals surface area (Å²) in [4.78, 5) is 4.43. The van der Waals surface area contributed by atoms with Crippen molar-refractivity contribution in [1.29, 1.82) is 0 Å². The molecule has 0 unspecified atom stereocenters. The fourth-order valence-electron chi connectivity index (χ4n) is 2.10. The Morgan fingerprint density at radius 2 is 2.20 bits per heavy atom. The molecule has 0 bridgehead atoms. The number of hydrogen-bond donors (Lipinski definition) is 0. The molecule has 0 atom stereocenters. The lowest BCUT2D eigenvalue weighted by molar-refractivity contribution is 0.373. The zero-order valence-electron chi connectivity index (χ0n) is 10.5. The van der Waals surface area contributed by atoms with Crippen LogP contribution in [0.25, 0.3) is 11.0 Å². The number of aromatic nitrogens is 3. The second-order valence-electron chi connectivity index (χ2n) is 4.44. The predicted octanol–water partition coefficient (Wildman–Crippen LogP) is 3.86. The number of alkyl halides is 1. The molecule has 3 aromatic rings. The third-order valence-corrected chi connectivity index (χ3v) is 4.05. The summed E-state index contributed by atoms with van der Waals surface area (Å²) < 4.78 is 21.4. The van der Waals surface area contributed by atoms with Crippen molar-refractivity contribution in [2.45, 2.75) is 19.3 Å². The maximum atomic E-state index is 13.8. The van der Waals surface area contributed by atoms with Crippen molar-refractivity contribution in [2.75, 3.05) is 0 Å². The minimum atomic E-state index is -0.269. The zero-order chi connectivity index (χ0) is 14.3. The molecule has 0 aliphatic rings. The average molecular weight is 406 g/mol. The number of hydrogen-bond acceptors (Lipinski definition) is 3. The lowest BCUT2D eigenvalue weighted by atomic mass is 10.3. The van der Waals surface area contributed by atoms with Crippen molar-refractivity contribution in [3.8, 4) is 0 Å². The van der Waals surface area contributed by atoms with Crippen molar-refractivity contribution < 1.29 is 8.91 Å². The van der Waals surface area contributed by atoms with E-state index >= 15 is 0 Å². The van der Waals surface area contributed by atoms with Crippen LogP contribution in [-0.4, -0.2) is 14.7 Å². The van der Waals surface area contributed by atoms with Gasteiger partial charge < -0.3 is 9.09 Å². The van der Waals surface area contributed by atoms with Crippen LogP contribution < -0.4 is 0 Å². The summed E-state index contributed by atoms with van der Waals surface area (Å²) in [5.41, 5.74) is 2.23.